The molecule has 1 N–H and O–H groups in total. The lowest BCUT2D eigenvalue weighted by Crippen LogP contribution is -2.47. The molecule has 0 radical (unpaired) electrons. The van der Waals surface area contributed by atoms with Crippen molar-refractivity contribution in [1.82, 2.24) is 5.32 Å². The summed E-state index contributed by atoms with van der Waals surface area (Å²) in [5.41, 5.74) is 0. The average Bonchev–Trinajstić information content (AvgIpc) is 3.44. The van der Waals surface area contributed by atoms with Gasteiger partial charge in [-0.2, -0.15) is 0 Å². The number of amides is 1. The number of esters is 1. The summed E-state index contributed by atoms with van der Waals surface area (Å²) in [7, 11) is 1.17. The number of carbonyl (C=O) groups is 2. The molecular weight excluding hydrogens is 1020 g/mol. The molecule has 0 rings (SSSR count). The Balaban J connectivity index is 5.17. The molecule has 0 spiro atoms. The highest BCUT2D eigenvalue weighted by molar-refractivity contribution is 7.45. The van der Waals surface area contributed by atoms with Crippen molar-refractivity contribution >= 4 is 19.7 Å². The summed E-state index contributed by atoms with van der Waals surface area (Å²) in [4.78, 5) is 40.1. The summed E-state index contributed by atoms with van der Waals surface area (Å²) in [6, 6.07) is -0.903. The van der Waals surface area contributed by atoms with E-state index >= 15 is 0 Å². The summed E-state index contributed by atoms with van der Waals surface area (Å²) in [6.07, 6.45) is 79.8. The van der Waals surface area contributed by atoms with Gasteiger partial charge in [0.15, 0.2) is 0 Å². The van der Waals surface area contributed by atoms with Crippen molar-refractivity contribution in [3.05, 3.63) is 85.1 Å². The highest BCUT2D eigenvalue weighted by Crippen LogP contribution is 2.38. The van der Waals surface area contributed by atoms with Crippen molar-refractivity contribution < 1.29 is 37.3 Å². The summed E-state index contributed by atoms with van der Waals surface area (Å²) in [5, 5.41) is 3.03. The number of nitrogens with zero attached hydrogens (tertiary/aromatic N) is 1. The minimum Gasteiger partial charge on any atom is -0.756 e. The molecule has 0 aromatic carbocycles. The van der Waals surface area contributed by atoms with E-state index in [0.717, 1.165) is 96.3 Å². The van der Waals surface area contributed by atoms with Gasteiger partial charge in [0.2, 0.25) is 5.91 Å². The number of allylic oxidation sites excluding steroid dienone is 13. The maximum absolute atomic E-state index is 13.6. The molecule has 0 aliphatic carbocycles. The van der Waals surface area contributed by atoms with Gasteiger partial charge in [-0.05, 0) is 109 Å². The maximum Gasteiger partial charge on any atom is 0.306 e. The molecule has 0 bridgehead atoms. The van der Waals surface area contributed by atoms with Crippen LogP contribution in [0, 0.1) is 0 Å². The number of unbranched alkanes of at least 4 members (excludes halogenated alkanes) is 33. The zero-order valence-electron chi connectivity index (χ0n) is 53.7. The first kappa shape index (κ1) is 78.2. The quantitative estimate of drug-likeness (QED) is 0.0212. The predicted molar refractivity (Wildman–Crippen MR) is 348 cm³/mol. The van der Waals surface area contributed by atoms with Crippen molar-refractivity contribution in [2.24, 2.45) is 0 Å². The third-order valence-electron chi connectivity index (χ3n) is 14.8. The Morgan fingerprint density at radius 1 is 0.432 bits per heavy atom. The number of ether oxygens (including phenoxy) is 1. The first-order chi connectivity index (χ1) is 39.4. The number of hydrogen-bond donors (Lipinski definition) is 1. The molecule has 0 fully saturated rings. The number of phosphoric ester groups is 1. The van der Waals surface area contributed by atoms with Crippen molar-refractivity contribution in [2.75, 3.05) is 40.9 Å². The molecule has 3 unspecified atom stereocenters. The molecule has 470 valence electrons. The summed E-state index contributed by atoms with van der Waals surface area (Å²) in [5.74, 6) is -0.564. The lowest BCUT2D eigenvalue weighted by atomic mass is 10.0. The predicted octanol–water partition coefficient (Wildman–Crippen LogP) is 20.7. The zero-order valence-corrected chi connectivity index (χ0v) is 54.6. The summed E-state index contributed by atoms with van der Waals surface area (Å²) >= 11 is 0. The summed E-state index contributed by atoms with van der Waals surface area (Å²) in [6.45, 7) is 6.79. The van der Waals surface area contributed by atoms with Crippen LogP contribution in [0.25, 0.3) is 0 Å². The van der Waals surface area contributed by atoms with Crippen LogP contribution in [0.5, 0.6) is 0 Å². The largest absolute Gasteiger partial charge is 0.756 e. The smallest absolute Gasteiger partial charge is 0.306 e. The Morgan fingerprint density at radius 2 is 0.753 bits per heavy atom. The second kappa shape index (κ2) is 60.3. The monoisotopic (exact) mass is 1150 g/mol. The van der Waals surface area contributed by atoms with Crippen LogP contribution >= 0.6 is 7.82 Å². The van der Waals surface area contributed by atoms with Gasteiger partial charge >= 0.3 is 5.97 Å². The Labute approximate surface area is 501 Å². The first-order valence-electron chi connectivity index (χ1n) is 33.9. The van der Waals surface area contributed by atoms with E-state index in [1.54, 1.807) is 0 Å². The van der Waals surface area contributed by atoms with E-state index in [-0.39, 0.29) is 24.9 Å². The standard InChI is InChI=1S/C71H129N2O7P/c1-7-10-13-16-19-22-25-28-30-32-33-34-35-36-37-38-39-41-42-45-48-51-54-57-60-63-70(74)72-68(67-79-81(76,77)78-66-65-73(4,5)6)69(62-59-56-53-50-47-44-27-24-21-18-15-12-9-3)80-71(75)64-61-58-55-52-49-46-43-40-31-29-26-23-20-17-14-11-8-2/h19-20,22-23,28-31,33-34,43,46,59,62,68-69H,7-18,21,24-27,32,35-42,44-45,47-58,60-61,63-67H2,1-6H3,(H-,72,74,76,77)/b22-19-,23-20-,30-28-,31-29-,34-33-,46-43-,62-59-. The van der Waals surface area contributed by atoms with Crippen LogP contribution in [0.4, 0.5) is 0 Å². The third-order valence-corrected chi connectivity index (χ3v) is 15.8. The highest BCUT2D eigenvalue weighted by Gasteiger charge is 2.27. The fourth-order valence-corrected chi connectivity index (χ4v) is 10.3. The molecule has 0 aromatic heterocycles. The minimum absolute atomic E-state index is 0.0290. The Bertz CT molecular complexity index is 1660. The van der Waals surface area contributed by atoms with Crippen LogP contribution in [-0.4, -0.2) is 69.4 Å². The number of nitrogens with one attached hydrogen (secondary N) is 1. The first-order valence-corrected chi connectivity index (χ1v) is 35.4. The number of rotatable bonds is 61. The van der Waals surface area contributed by atoms with E-state index in [1.807, 2.05) is 33.3 Å². The molecule has 9 nitrogen and oxygen atoms in total. The van der Waals surface area contributed by atoms with E-state index in [0.29, 0.717) is 23.9 Å². The fourth-order valence-electron chi connectivity index (χ4n) is 9.54. The van der Waals surface area contributed by atoms with Gasteiger partial charge in [-0.3, -0.25) is 14.2 Å². The Hall–Kier alpha value is -2.81. The zero-order chi connectivity index (χ0) is 59.3. The van der Waals surface area contributed by atoms with Crippen LogP contribution < -0.4 is 10.2 Å². The molecule has 0 saturated heterocycles. The van der Waals surface area contributed by atoms with E-state index in [2.05, 4.69) is 99.0 Å². The van der Waals surface area contributed by atoms with Crippen LogP contribution in [0.2, 0.25) is 0 Å². The lowest BCUT2D eigenvalue weighted by Gasteiger charge is -2.30. The Morgan fingerprint density at radius 3 is 1.15 bits per heavy atom. The van der Waals surface area contributed by atoms with Gasteiger partial charge < -0.3 is 28.5 Å². The molecule has 10 heteroatoms. The van der Waals surface area contributed by atoms with Crippen molar-refractivity contribution in [3.63, 3.8) is 0 Å². The lowest BCUT2D eigenvalue weighted by molar-refractivity contribution is -0.870. The van der Waals surface area contributed by atoms with Crippen molar-refractivity contribution in [1.29, 1.82) is 0 Å². The number of phosphoric acid groups is 1. The molecule has 0 aliphatic rings. The van der Waals surface area contributed by atoms with Crippen molar-refractivity contribution in [2.45, 2.75) is 315 Å². The second-order valence-corrected chi connectivity index (χ2v) is 25.4. The van der Waals surface area contributed by atoms with Crippen LogP contribution in [-0.2, 0) is 27.9 Å². The normalized spacial score (nSPS) is 14.1. The molecular formula is C71H129N2O7P. The van der Waals surface area contributed by atoms with Gasteiger partial charge in [0.05, 0.1) is 33.8 Å². The number of quaternary nitrogens is 1. The van der Waals surface area contributed by atoms with Gasteiger partial charge in [-0.1, -0.05) is 267 Å². The SMILES string of the molecule is CCCCC/C=C\C/C=C\C/C=C\CCCCCCCCCCCCCCC(=O)NC(COP(=O)([O-])OCC[N+](C)(C)C)C(/C=C\CCCCCCCCCCCCC)OC(=O)CCCCCC/C=C\C/C=C\C/C=C\CCCCC. The van der Waals surface area contributed by atoms with E-state index in [1.165, 1.54) is 167 Å². The highest BCUT2D eigenvalue weighted by atomic mass is 31.2. The third kappa shape index (κ3) is 61.6. The van der Waals surface area contributed by atoms with Crippen molar-refractivity contribution in [3.8, 4) is 0 Å². The molecule has 0 saturated carbocycles. The molecule has 0 aliphatic heterocycles. The van der Waals surface area contributed by atoms with E-state index < -0.39 is 26.6 Å². The van der Waals surface area contributed by atoms with Gasteiger partial charge in [0.25, 0.3) is 7.82 Å². The Kier molecular flexibility index (Phi) is 58.2. The van der Waals surface area contributed by atoms with Crippen LogP contribution in [0.1, 0.15) is 303 Å². The van der Waals surface area contributed by atoms with Crippen LogP contribution in [0.3, 0.4) is 0 Å². The fraction of sp³-hybridized carbons (Fsp3) is 0.775. The molecule has 0 heterocycles. The average molecular weight is 1150 g/mol. The molecule has 0 aromatic rings. The molecule has 1 amide bonds. The molecule has 81 heavy (non-hydrogen) atoms. The topological polar surface area (TPSA) is 114 Å². The van der Waals surface area contributed by atoms with Gasteiger partial charge in [-0.15, -0.1) is 0 Å². The van der Waals surface area contributed by atoms with Crippen LogP contribution in [0.15, 0.2) is 85.1 Å². The van der Waals surface area contributed by atoms with Gasteiger partial charge in [0.1, 0.15) is 19.3 Å². The van der Waals surface area contributed by atoms with Gasteiger partial charge in [0, 0.05) is 12.8 Å². The number of hydrogen-bond acceptors (Lipinski definition) is 7. The van der Waals surface area contributed by atoms with E-state index in [9.17, 15) is 19.0 Å². The maximum atomic E-state index is 13.6. The minimum atomic E-state index is -4.71. The van der Waals surface area contributed by atoms with Gasteiger partial charge in [-0.25, -0.2) is 0 Å². The number of carbonyl (C=O) groups excluding carboxylic acids is 2. The second-order valence-electron chi connectivity index (χ2n) is 24.0. The van der Waals surface area contributed by atoms with E-state index in [4.69, 9.17) is 13.8 Å². The summed E-state index contributed by atoms with van der Waals surface area (Å²) < 4.78 is 30.4. The number of likely N-dealkylation sites (N-methyl/N-ethyl adjacent to an activating group) is 1. The molecule has 3 atom stereocenters.